The van der Waals surface area contributed by atoms with E-state index < -0.39 is 0 Å². The van der Waals surface area contributed by atoms with Crippen LogP contribution in [0.5, 0.6) is 0 Å². The molecule has 1 aromatic heterocycles. The van der Waals surface area contributed by atoms with Gasteiger partial charge in [0.15, 0.2) is 5.82 Å². The Kier molecular flexibility index (Phi) is 6.67. The number of rotatable bonds is 2. The van der Waals surface area contributed by atoms with E-state index in [2.05, 4.69) is 23.8 Å². The van der Waals surface area contributed by atoms with Crippen LogP contribution in [0, 0.1) is 0 Å². The molecular formula is C10H20Cl2N4O. The molecule has 1 fully saturated rings. The molecule has 100 valence electrons. The molecule has 0 saturated carbocycles. The summed E-state index contributed by atoms with van der Waals surface area (Å²) >= 11 is 0. The SMILES string of the molecule is CC(C)n1cc(N)c(N2CCOCC2)n1.Cl.Cl. The molecule has 0 aromatic carbocycles. The number of halogens is 2. The molecule has 0 amide bonds. The Morgan fingerprint density at radius 2 is 1.88 bits per heavy atom. The van der Waals surface area contributed by atoms with Crippen molar-refractivity contribution in [3.8, 4) is 0 Å². The number of aromatic nitrogens is 2. The van der Waals surface area contributed by atoms with Crippen LogP contribution in [-0.4, -0.2) is 36.1 Å². The summed E-state index contributed by atoms with van der Waals surface area (Å²) in [7, 11) is 0. The summed E-state index contributed by atoms with van der Waals surface area (Å²) in [5.41, 5.74) is 6.70. The van der Waals surface area contributed by atoms with Crippen LogP contribution in [0.25, 0.3) is 0 Å². The van der Waals surface area contributed by atoms with Gasteiger partial charge in [0, 0.05) is 19.1 Å². The van der Waals surface area contributed by atoms with Crippen molar-refractivity contribution in [2.75, 3.05) is 36.9 Å². The molecule has 0 bridgehead atoms. The number of nitrogens with two attached hydrogens (primary N) is 1. The van der Waals surface area contributed by atoms with Crippen LogP contribution in [0.4, 0.5) is 11.5 Å². The van der Waals surface area contributed by atoms with E-state index in [0.717, 1.165) is 37.8 Å². The number of anilines is 2. The van der Waals surface area contributed by atoms with Crippen LogP contribution in [0.2, 0.25) is 0 Å². The largest absolute Gasteiger partial charge is 0.394 e. The molecule has 2 rings (SSSR count). The summed E-state index contributed by atoms with van der Waals surface area (Å²) in [6.45, 7) is 7.45. The number of nitrogens with zero attached hydrogens (tertiary/aromatic N) is 3. The van der Waals surface area contributed by atoms with E-state index in [1.54, 1.807) is 0 Å². The lowest BCUT2D eigenvalue weighted by Crippen LogP contribution is -2.36. The maximum Gasteiger partial charge on any atom is 0.174 e. The molecule has 0 aliphatic carbocycles. The summed E-state index contributed by atoms with van der Waals surface area (Å²) in [5.74, 6) is 0.895. The van der Waals surface area contributed by atoms with Crippen LogP contribution in [-0.2, 0) is 4.74 Å². The minimum atomic E-state index is 0. The minimum Gasteiger partial charge on any atom is -0.394 e. The normalized spacial score (nSPS) is 15.4. The quantitative estimate of drug-likeness (QED) is 0.898. The van der Waals surface area contributed by atoms with Crippen LogP contribution in [0.15, 0.2) is 6.20 Å². The minimum absolute atomic E-state index is 0. The van der Waals surface area contributed by atoms with Crippen LogP contribution >= 0.6 is 24.8 Å². The van der Waals surface area contributed by atoms with E-state index in [0.29, 0.717) is 6.04 Å². The third kappa shape index (κ3) is 3.66. The predicted molar refractivity (Wildman–Crippen MR) is 74.6 cm³/mol. The fourth-order valence-corrected chi connectivity index (χ4v) is 1.68. The van der Waals surface area contributed by atoms with E-state index in [9.17, 15) is 0 Å². The fraction of sp³-hybridized carbons (Fsp3) is 0.700. The summed E-state index contributed by atoms with van der Waals surface area (Å²) < 4.78 is 7.20. The lowest BCUT2D eigenvalue weighted by atomic mass is 10.4. The average Bonchev–Trinajstić information content (AvgIpc) is 2.62. The lowest BCUT2D eigenvalue weighted by Gasteiger charge is -2.27. The van der Waals surface area contributed by atoms with E-state index in [4.69, 9.17) is 10.5 Å². The zero-order valence-corrected chi connectivity index (χ0v) is 11.8. The molecule has 7 heteroatoms. The van der Waals surface area contributed by atoms with Gasteiger partial charge in [0.05, 0.1) is 25.1 Å². The Bertz CT molecular complexity index is 337. The van der Waals surface area contributed by atoms with Crippen molar-refractivity contribution in [2.45, 2.75) is 19.9 Å². The third-order valence-electron chi connectivity index (χ3n) is 2.58. The molecule has 5 nitrogen and oxygen atoms in total. The van der Waals surface area contributed by atoms with Gasteiger partial charge in [0.25, 0.3) is 0 Å². The molecule has 0 atom stereocenters. The molecular weight excluding hydrogens is 263 g/mol. The Morgan fingerprint density at radius 3 is 2.35 bits per heavy atom. The second-order valence-electron chi connectivity index (χ2n) is 4.08. The summed E-state index contributed by atoms with van der Waals surface area (Å²) in [4.78, 5) is 2.18. The van der Waals surface area contributed by atoms with Crippen LogP contribution < -0.4 is 10.6 Å². The van der Waals surface area contributed by atoms with Crippen molar-refractivity contribution >= 4 is 36.3 Å². The predicted octanol–water partition coefficient (Wildman–Crippen LogP) is 1.73. The second-order valence-corrected chi connectivity index (χ2v) is 4.08. The molecule has 1 aliphatic heterocycles. The average molecular weight is 283 g/mol. The van der Waals surface area contributed by atoms with Gasteiger partial charge in [-0.15, -0.1) is 24.8 Å². The lowest BCUT2D eigenvalue weighted by molar-refractivity contribution is 0.122. The maximum atomic E-state index is 5.94. The van der Waals surface area contributed by atoms with Crippen molar-refractivity contribution in [3.63, 3.8) is 0 Å². The smallest absolute Gasteiger partial charge is 0.174 e. The van der Waals surface area contributed by atoms with Crippen molar-refractivity contribution in [1.82, 2.24) is 9.78 Å². The van der Waals surface area contributed by atoms with Crippen molar-refractivity contribution in [1.29, 1.82) is 0 Å². The highest BCUT2D eigenvalue weighted by atomic mass is 35.5. The van der Waals surface area contributed by atoms with E-state index in [1.807, 2.05) is 10.9 Å². The van der Waals surface area contributed by atoms with E-state index >= 15 is 0 Å². The second kappa shape index (κ2) is 6.93. The van der Waals surface area contributed by atoms with Gasteiger partial charge in [-0.25, -0.2) is 0 Å². The molecule has 2 N–H and O–H groups in total. The first-order valence-electron chi connectivity index (χ1n) is 5.36. The standard InChI is InChI=1S/C10H18N4O.2ClH/c1-8(2)14-7-9(11)10(12-14)13-3-5-15-6-4-13;;/h7-8H,3-6,11H2,1-2H3;2*1H. The van der Waals surface area contributed by atoms with Gasteiger partial charge < -0.3 is 15.4 Å². The van der Waals surface area contributed by atoms with Crippen LogP contribution in [0.3, 0.4) is 0 Å². The Hall–Kier alpha value is -0.650. The third-order valence-corrected chi connectivity index (χ3v) is 2.58. The molecule has 0 radical (unpaired) electrons. The van der Waals surface area contributed by atoms with E-state index in [1.165, 1.54) is 0 Å². The fourth-order valence-electron chi connectivity index (χ4n) is 1.68. The highest BCUT2D eigenvalue weighted by Gasteiger charge is 2.17. The number of morpholine rings is 1. The van der Waals surface area contributed by atoms with Gasteiger partial charge in [-0.2, -0.15) is 5.10 Å². The Labute approximate surface area is 114 Å². The monoisotopic (exact) mass is 282 g/mol. The summed E-state index contributed by atoms with van der Waals surface area (Å²) in [6, 6.07) is 0.349. The summed E-state index contributed by atoms with van der Waals surface area (Å²) in [5, 5.41) is 4.50. The van der Waals surface area contributed by atoms with Crippen molar-refractivity contribution < 1.29 is 4.74 Å². The highest BCUT2D eigenvalue weighted by Crippen LogP contribution is 2.23. The number of hydrogen-bond acceptors (Lipinski definition) is 4. The van der Waals surface area contributed by atoms with Gasteiger partial charge in [-0.1, -0.05) is 0 Å². The van der Waals surface area contributed by atoms with E-state index in [-0.39, 0.29) is 24.8 Å². The number of hydrogen-bond donors (Lipinski definition) is 1. The van der Waals surface area contributed by atoms with Crippen LogP contribution in [0.1, 0.15) is 19.9 Å². The highest BCUT2D eigenvalue weighted by molar-refractivity contribution is 5.85. The van der Waals surface area contributed by atoms with Gasteiger partial charge in [-0.05, 0) is 13.8 Å². The topological polar surface area (TPSA) is 56.3 Å². The molecule has 2 heterocycles. The molecule has 1 aliphatic rings. The van der Waals surface area contributed by atoms with Gasteiger partial charge in [-0.3, -0.25) is 4.68 Å². The Morgan fingerprint density at radius 1 is 1.29 bits per heavy atom. The molecule has 0 unspecified atom stereocenters. The molecule has 1 saturated heterocycles. The number of nitrogen functional groups attached to an aromatic ring is 1. The zero-order valence-electron chi connectivity index (χ0n) is 10.1. The molecule has 17 heavy (non-hydrogen) atoms. The zero-order chi connectivity index (χ0) is 10.8. The first-order valence-corrected chi connectivity index (χ1v) is 5.36. The van der Waals surface area contributed by atoms with Crippen molar-refractivity contribution in [2.24, 2.45) is 0 Å². The maximum absolute atomic E-state index is 5.94. The molecule has 1 aromatic rings. The summed E-state index contributed by atoms with van der Waals surface area (Å²) in [6.07, 6.45) is 1.90. The Balaban J connectivity index is 0.00000128. The first kappa shape index (κ1) is 16.4. The van der Waals surface area contributed by atoms with Gasteiger partial charge >= 0.3 is 0 Å². The number of ether oxygens (including phenoxy) is 1. The van der Waals surface area contributed by atoms with Gasteiger partial charge in [0.2, 0.25) is 0 Å². The van der Waals surface area contributed by atoms with Crippen molar-refractivity contribution in [3.05, 3.63) is 6.20 Å². The first-order chi connectivity index (χ1) is 7.18. The van der Waals surface area contributed by atoms with Gasteiger partial charge in [0.1, 0.15) is 0 Å². The molecule has 0 spiro atoms.